The molecule has 68 heavy (non-hydrogen) atoms. The predicted molar refractivity (Wildman–Crippen MR) is 286 cm³/mol. The van der Waals surface area contributed by atoms with Crippen LogP contribution in [-0.4, -0.2) is 0 Å². The lowest BCUT2D eigenvalue weighted by molar-refractivity contribution is 0.768. The van der Waals surface area contributed by atoms with Crippen LogP contribution in [0.25, 0.3) is 44.2 Å². The summed E-state index contributed by atoms with van der Waals surface area (Å²) in [5.74, 6) is 0. The molecular weight excluding hydrogens is 821 g/mol. The van der Waals surface area contributed by atoms with Gasteiger partial charge in [-0.05, 0) is 146 Å². The lowest BCUT2D eigenvalue weighted by atomic mass is 9.67. The molecule has 0 fully saturated rings. The molecule has 0 N–H and O–H groups in total. The molecule has 11 aromatic carbocycles. The second kappa shape index (κ2) is 17.3. The first kappa shape index (κ1) is 40.8. The van der Waals surface area contributed by atoms with Gasteiger partial charge < -0.3 is 9.80 Å². The van der Waals surface area contributed by atoms with E-state index in [9.17, 15) is 0 Å². The minimum absolute atomic E-state index is 0.553. The molecule has 0 atom stereocenters. The summed E-state index contributed by atoms with van der Waals surface area (Å²) in [6.07, 6.45) is 0. The third-order valence-electron chi connectivity index (χ3n) is 13.8. The minimum atomic E-state index is -0.553. The number of rotatable bonds is 10. The second-order valence-corrected chi connectivity index (χ2v) is 17.7. The highest BCUT2D eigenvalue weighted by Gasteiger charge is 2.47. The van der Waals surface area contributed by atoms with E-state index in [1.54, 1.807) is 0 Å². The molecule has 0 aliphatic heterocycles. The number of fused-ring (bicyclic) bond motifs is 4. The predicted octanol–water partition coefficient (Wildman–Crippen LogP) is 17.8. The van der Waals surface area contributed by atoms with Gasteiger partial charge in [-0.15, -0.1) is 0 Å². The van der Waals surface area contributed by atoms with Crippen molar-refractivity contribution in [1.82, 2.24) is 0 Å². The third-order valence-corrected chi connectivity index (χ3v) is 13.8. The largest absolute Gasteiger partial charge is 0.311 e. The molecule has 0 bridgehead atoms. The van der Waals surface area contributed by atoms with E-state index in [0.717, 1.165) is 45.3 Å². The lowest BCUT2D eigenvalue weighted by Crippen LogP contribution is -2.28. The summed E-state index contributed by atoms with van der Waals surface area (Å²) in [4.78, 5) is 4.83. The minimum Gasteiger partial charge on any atom is -0.311 e. The number of anilines is 6. The Kier molecular flexibility index (Phi) is 10.3. The highest BCUT2D eigenvalue weighted by Crippen LogP contribution is 2.58. The van der Waals surface area contributed by atoms with Gasteiger partial charge in [0, 0.05) is 34.0 Å². The highest BCUT2D eigenvalue weighted by atomic mass is 15.2. The van der Waals surface area contributed by atoms with E-state index in [-0.39, 0.29) is 0 Å². The summed E-state index contributed by atoms with van der Waals surface area (Å²) in [7, 11) is 0. The van der Waals surface area contributed by atoms with E-state index < -0.39 is 5.41 Å². The van der Waals surface area contributed by atoms with Crippen LogP contribution < -0.4 is 9.80 Å². The van der Waals surface area contributed by atoms with Crippen molar-refractivity contribution in [2.24, 2.45) is 0 Å². The number of hydrogen-bond acceptors (Lipinski definition) is 2. The van der Waals surface area contributed by atoms with Gasteiger partial charge >= 0.3 is 0 Å². The monoisotopic (exact) mass is 868 g/mol. The van der Waals surface area contributed by atoms with Crippen molar-refractivity contribution >= 4 is 44.9 Å². The Morgan fingerprint density at radius 3 is 1.35 bits per heavy atom. The van der Waals surface area contributed by atoms with E-state index in [4.69, 9.17) is 0 Å². The summed E-state index contributed by atoms with van der Waals surface area (Å²) >= 11 is 0. The quantitative estimate of drug-likeness (QED) is 0.135. The average Bonchev–Trinajstić information content (AvgIpc) is 3.72. The van der Waals surface area contributed by atoms with E-state index in [1.165, 1.54) is 60.8 Å². The molecule has 0 aromatic heterocycles. The lowest BCUT2D eigenvalue weighted by Gasteiger charge is -2.35. The van der Waals surface area contributed by atoms with Crippen LogP contribution in [0, 0.1) is 6.92 Å². The average molecular weight is 869 g/mol. The van der Waals surface area contributed by atoms with E-state index in [0.29, 0.717) is 0 Å². The van der Waals surface area contributed by atoms with Gasteiger partial charge in [-0.25, -0.2) is 0 Å². The summed E-state index contributed by atoms with van der Waals surface area (Å²) in [5, 5.41) is 2.39. The molecule has 0 amide bonds. The normalized spacial score (nSPS) is 12.3. The Hall–Kier alpha value is -8.72. The smallest absolute Gasteiger partial charge is 0.0714 e. The number of nitrogens with zero attached hydrogens (tertiary/aromatic N) is 2. The fourth-order valence-electron chi connectivity index (χ4n) is 10.7. The van der Waals surface area contributed by atoms with Crippen LogP contribution in [0.1, 0.15) is 27.8 Å². The van der Waals surface area contributed by atoms with Gasteiger partial charge in [-0.1, -0.05) is 200 Å². The molecule has 12 rings (SSSR count). The van der Waals surface area contributed by atoms with Crippen molar-refractivity contribution in [3.05, 3.63) is 301 Å². The van der Waals surface area contributed by atoms with Crippen LogP contribution in [0.15, 0.2) is 273 Å². The highest BCUT2D eigenvalue weighted by molar-refractivity contribution is 5.99. The molecule has 0 saturated heterocycles. The van der Waals surface area contributed by atoms with Crippen LogP contribution in [0.4, 0.5) is 34.1 Å². The molecule has 322 valence electrons. The molecule has 0 saturated carbocycles. The Balaban J connectivity index is 1.08. The molecule has 0 radical (unpaired) electrons. The second-order valence-electron chi connectivity index (χ2n) is 17.7. The number of hydrogen-bond donors (Lipinski definition) is 0. The number of benzene rings is 11. The van der Waals surface area contributed by atoms with Gasteiger partial charge in [0.1, 0.15) is 0 Å². The van der Waals surface area contributed by atoms with Gasteiger partial charge in [0.05, 0.1) is 11.1 Å². The Bertz CT molecular complexity index is 3490. The first-order chi connectivity index (χ1) is 33.6. The fraction of sp³-hybridized carbons (Fsp3) is 0.0303. The molecule has 0 heterocycles. The van der Waals surface area contributed by atoms with Crippen molar-refractivity contribution < 1.29 is 0 Å². The number of para-hydroxylation sites is 1. The van der Waals surface area contributed by atoms with Crippen molar-refractivity contribution in [1.29, 1.82) is 0 Å². The fourth-order valence-corrected chi connectivity index (χ4v) is 10.7. The van der Waals surface area contributed by atoms with Crippen LogP contribution in [0.2, 0.25) is 0 Å². The maximum atomic E-state index is 2.48. The van der Waals surface area contributed by atoms with E-state index >= 15 is 0 Å². The van der Waals surface area contributed by atoms with Gasteiger partial charge in [0.15, 0.2) is 0 Å². The van der Waals surface area contributed by atoms with Gasteiger partial charge in [0.2, 0.25) is 0 Å². The SMILES string of the molecule is Cc1cccc2c1-c1ccc(N(c3ccc(N(c4ccccc4)c4ccc(-c5ccccc5)cc4)cc3)c3cc4ccccc4cc3-c3ccccc3)cc1C2(c1ccccc1)c1ccccc1. The molecule has 2 nitrogen and oxygen atoms in total. The van der Waals surface area contributed by atoms with Crippen molar-refractivity contribution in [2.75, 3.05) is 9.80 Å². The molecule has 0 spiro atoms. The Labute approximate surface area is 399 Å². The van der Waals surface area contributed by atoms with Gasteiger partial charge in [-0.2, -0.15) is 0 Å². The zero-order chi connectivity index (χ0) is 45.4. The van der Waals surface area contributed by atoms with Gasteiger partial charge in [-0.3, -0.25) is 0 Å². The molecule has 11 aromatic rings. The summed E-state index contributed by atoms with van der Waals surface area (Å²) in [5.41, 5.74) is 19.6. The number of aryl methyl sites for hydroxylation is 1. The maximum absolute atomic E-state index is 2.48. The summed E-state index contributed by atoms with van der Waals surface area (Å²) in [6, 6.07) is 99.8. The van der Waals surface area contributed by atoms with E-state index in [2.05, 4.69) is 290 Å². The summed E-state index contributed by atoms with van der Waals surface area (Å²) in [6.45, 7) is 2.26. The Morgan fingerprint density at radius 2 is 0.750 bits per heavy atom. The molecular formula is C66H48N2. The zero-order valence-electron chi connectivity index (χ0n) is 37.9. The zero-order valence-corrected chi connectivity index (χ0v) is 37.9. The van der Waals surface area contributed by atoms with Crippen LogP contribution in [-0.2, 0) is 5.41 Å². The first-order valence-corrected chi connectivity index (χ1v) is 23.5. The first-order valence-electron chi connectivity index (χ1n) is 23.5. The molecule has 0 unspecified atom stereocenters. The third kappa shape index (κ3) is 6.98. The summed E-state index contributed by atoms with van der Waals surface area (Å²) < 4.78 is 0. The standard InChI is InChI=1S/C66H48N2/c1-47-20-19-33-62-65(47)60-43-42-59(46-63(60)66(62,53-27-11-4-12-28-53)54-29-13-5-14-30-54)68(64-45-52-26-18-17-25-51(52)44-61(64)50-23-9-3-10-24-50)58-40-38-57(39-41-58)67(55-31-15-6-16-32-55)56-36-34-49(35-37-56)48-21-7-2-8-22-48/h2-46H,1H3. The van der Waals surface area contributed by atoms with Crippen molar-refractivity contribution in [3.63, 3.8) is 0 Å². The van der Waals surface area contributed by atoms with Crippen LogP contribution in [0.5, 0.6) is 0 Å². The van der Waals surface area contributed by atoms with Crippen molar-refractivity contribution in [3.8, 4) is 33.4 Å². The Morgan fingerprint density at radius 1 is 0.294 bits per heavy atom. The molecule has 1 aliphatic rings. The van der Waals surface area contributed by atoms with Gasteiger partial charge in [0.25, 0.3) is 0 Å². The van der Waals surface area contributed by atoms with Crippen LogP contribution in [0.3, 0.4) is 0 Å². The van der Waals surface area contributed by atoms with Crippen LogP contribution >= 0.6 is 0 Å². The van der Waals surface area contributed by atoms with Crippen molar-refractivity contribution in [2.45, 2.75) is 12.3 Å². The molecule has 1 aliphatic carbocycles. The molecule has 2 heteroatoms. The topological polar surface area (TPSA) is 6.48 Å². The maximum Gasteiger partial charge on any atom is 0.0714 e. The van der Waals surface area contributed by atoms with E-state index in [1.807, 2.05) is 0 Å².